The summed E-state index contributed by atoms with van der Waals surface area (Å²) < 4.78 is 33.0. The topological polar surface area (TPSA) is 49.7 Å². The van der Waals surface area contributed by atoms with E-state index in [1.165, 1.54) is 12.1 Å². The summed E-state index contributed by atoms with van der Waals surface area (Å²) in [6.07, 6.45) is 0.949. The van der Waals surface area contributed by atoms with E-state index in [-0.39, 0.29) is 11.8 Å². The Morgan fingerprint density at radius 2 is 1.56 bits per heavy atom. The molecule has 0 N–H and O–H groups in total. The number of carbonyl (C=O) groups excluding carboxylic acids is 1. The van der Waals surface area contributed by atoms with E-state index in [1.54, 1.807) is 6.92 Å². The standard InChI is InChI=1S/C35H34FNO4/c1-3-39-34(38)10-7-21-40-30-17-11-26(12-18-30)23-37-33-20-19-31(41-24-27-8-5-4-6-9-27)22-32(33)25(2)35(37)28-13-15-29(36)16-14-28/h4-6,8-9,11-20,22H,3,7,10,21,23-24H2,1-2H3. The van der Waals surface area contributed by atoms with Crippen molar-refractivity contribution in [3.63, 3.8) is 0 Å². The van der Waals surface area contributed by atoms with E-state index in [0.29, 0.717) is 39.2 Å². The van der Waals surface area contributed by atoms with Crippen LogP contribution >= 0.6 is 0 Å². The second kappa shape index (κ2) is 13.2. The van der Waals surface area contributed by atoms with Gasteiger partial charge in [-0.1, -0.05) is 42.5 Å². The number of hydrogen-bond donors (Lipinski definition) is 0. The molecule has 1 heterocycles. The molecule has 5 rings (SSSR count). The Bertz CT molecular complexity index is 1590. The van der Waals surface area contributed by atoms with Crippen molar-refractivity contribution in [2.45, 2.75) is 39.8 Å². The van der Waals surface area contributed by atoms with E-state index in [1.807, 2.05) is 72.8 Å². The van der Waals surface area contributed by atoms with E-state index in [2.05, 4.69) is 23.6 Å². The third-order valence-electron chi connectivity index (χ3n) is 7.02. The Morgan fingerprint density at radius 3 is 2.29 bits per heavy atom. The van der Waals surface area contributed by atoms with Crippen LogP contribution < -0.4 is 9.47 Å². The van der Waals surface area contributed by atoms with Crippen LogP contribution in [0.15, 0.2) is 97.1 Å². The SMILES string of the molecule is CCOC(=O)CCCOc1ccc(Cn2c(-c3ccc(F)cc3)c(C)c3cc(OCc4ccccc4)ccc32)cc1. The number of halogens is 1. The quantitative estimate of drug-likeness (QED) is 0.116. The van der Waals surface area contributed by atoms with Gasteiger partial charge < -0.3 is 18.8 Å². The zero-order valence-corrected chi connectivity index (χ0v) is 23.4. The molecule has 0 fully saturated rings. The van der Waals surface area contributed by atoms with Crippen LogP contribution in [0.4, 0.5) is 4.39 Å². The summed E-state index contributed by atoms with van der Waals surface area (Å²) >= 11 is 0. The number of ether oxygens (including phenoxy) is 3. The fraction of sp³-hybridized carbons (Fsp3) is 0.229. The van der Waals surface area contributed by atoms with E-state index in [4.69, 9.17) is 14.2 Å². The van der Waals surface area contributed by atoms with Crippen LogP contribution in [0, 0.1) is 12.7 Å². The molecule has 0 bridgehead atoms. The highest BCUT2D eigenvalue weighted by atomic mass is 19.1. The maximum absolute atomic E-state index is 13.8. The third-order valence-corrected chi connectivity index (χ3v) is 7.02. The lowest BCUT2D eigenvalue weighted by atomic mass is 10.1. The smallest absolute Gasteiger partial charge is 0.305 e. The highest BCUT2D eigenvalue weighted by Gasteiger charge is 2.17. The molecule has 5 aromatic rings. The fourth-order valence-electron chi connectivity index (χ4n) is 4.99. The molecule has 5 nitrogen and oxygen atoms in total. The molecule has 0 saturated carbocycles. The van der Waals surface area contributed by atoms with Crippen molar-refractivity contribution in [1.82, 2.24) is 4.57 Å². The zero-order chi connectivity index (χ0) is 28.6. The molecule has 0 aliphatic carbocycles. The number of aryl methyl sites for hydroxylation is 1. The van der Waals surface area contributed by atoms with Gasteiger partial charge in [0.15, 0.2) is 0 Å². The van der Waals surface area contributed by atoms with Crippen LogP contribution in [-0.4, -0.2) is 23.8 Å². The molecular formula is C35H34FNO4. The second-order valence-corrected chi connectivity index (χ2v) is 9.92. The molecule has 0 spiro atoms. The minimum atomic E-state index is -0.261. The van der Waals surface area contributed by atoms with Crippen LogP contribution in [0.2, 0.25) is 0 Å². The Hall–Kier alpha value is -4.58. The molecule has 0 aliphatic heterocycles. The Balaban J connectivity index is 1.38. The lowest BCUT2D eigenvalue weighted by Gasteiger charge is -2.13. The van der Waals surface area contributed by atoms with E-state index >= 15 is 0 Å². The Morgan fingerprint density at radius 1 is 0.829 bits per heavy atom. The van der Waals surface area contributed by atoms with Gasteiger partial charge in [0, 0.05) is 23.9 Å². The molecule has 4 aromatic carbocycles. The van der Waals surface area contributed by atoms with Crippen LogP contribution in [0.1, 0.15) is 36.5 Å². The first-order chi connectivity index (χ1) is 20.0. The van der Waals surface area contributed by atoms with Gasteiger partial charge >= 0.3 is 5.97 Å². The van der Waals surface area contributed by atoms with Gasteiger partial charge in [-0.05, 0) is 97.1 Å². The summed E-state index contributed by atoms with van der Waals surface area (Å²) in [6, 6.07) is 30.9. The molecule has 0 amide bonds. The first-order valence-electron chi connectivity index (χ1n) is 13.9. The number of rotatable bonds is 12. The predicted octanol–water partition coefficient (Wildman–Crippen LogP) is 8.11. The predicted molar refractivity (Wildman–Crippen MR) is 160 cm³/mol. The first kappa shape index (κ1) is 28.0. The lowest BCUT2D eigenvalue weighted by molar-refractivity contribution is -0.143. The van der Waals surface area contributed by atoms with Crippen molar-refractivity contribution >= 4 is 16.9 Å². The van der Waals surface area contributed by atoms with Crippen molar-refractivity contribution in [3.8, 4) is 22.8 Å². The minimum absolute atomic E-state index is 0.201. The number of carbonyl (C=O) groups is 1. The molecule has 6 heteroatoms. The largest absolute Gasteiger partial charge is 0.494 e. The number of esters is 1. The van der Waals surface area contributed by atoms with Crippen LogP contribution in [0.25, 0.3) is 22.2 Å². The van der Waals surface area contributed by atoms with Crippen LogP contribution in [-0.2, 0) is 22.7 Å². The summed E-state index contributed by atoms with van der Waals surface area (Å²) in [4.78, 5) is 11.5. The minimum Gasteiger partial charge on any atom is -0.494 e. The molecule has 1 aromatic heterocycles. The molecule has 0 unspecified atom stereocenters. The van der Waals surface area contributed by atoms with Crippen LogP contribution in [0.5, 0.6) is 11.5 Å². The van der Waals surface area contributed by atoms with Gasteiger partial charge in [0.25, 0.3) is 0 Å². The molecule has 0 aliphatic rings. The second-order valence-electron chi connectivity index (χ2n) is 9.92. The lowest BCUT2D eigenvalue weighted by Crippen LogP contribution is -2.07. The molecular weight excluding hydrogens is 517 g/mol. The van der Waals surface area contributed by atoms with Gasteiger partial charge in [-0.2, -0.15) is 0 Å². The average Bonchev–Trinajstić information content (AvgIpc) is 3.26. The van der Waals surface area contributed by atoms with Gasteiger partial charge in [0.1, 0.15) is 23.9 Å². The van der Waals surface area contributed by atoms with Crippen molar-refractivity contribution in [3.05, 3.63) is 120 Å². The van der Waals surface area contributed by atoms with Gasteiger partial charge in [0.2, 0.25) is 0 Å². The molecule has 0 radical (unpaired) electrons. The first-order valence-corrected chi connectivity index (χ1v) is 13.9. The number of hydrogen-bond acceptors (Lipinski definition) is 4. The molecule has 41 heavy (non-hydrogen) atoms. The highest BCUT2D eigenvalue weighted by molar-refractivity contribution is 5.92. The fourth-order valence-corrected chi connectivity index (χ4v) is 4.99. The monoisotopic (exact) mass is 551 g/mol. The summed E-state index contributed by atoms with van der Waals surface area (Å²) in [7, 11) is 0. The number of nitrogens with zero attached hydrogens (tertiary/aromatic N) is 1. The highest BCUT2D eigenvalue weighted by Crippen LogP contribution is 2.36. The van der Waals surface area contributed by atoms with Gasteiger partial charge in [-0.25, -0.2) is 4.39 Å². The normalized spacial score (nSPS) is 11.0. The number of aromatic nitrogens is 1. The Labute approximate surface area is 240 Å². The average molecular weight is 552 g/mol. The maximum Gasteiger partial charge on any atom is 0.305 e. The van der Waals surface area contributed by atoms with E-state index < -0.39 is 0 Å². The van der Waals surface area contributed by atoms with Crippen molar-refractivity contribution in [1.29, 1.82) is 0 Å². The van der Waals surface area contributed by atoms with E-state index in [9.17, 15) is 9.18 Å². The van der Waals surface area contributed by atoms with Crippen molar-refractivity contribution < 1.29 is 23.4 Å². The number of benzene rings is 4. The molecule has 0 atom stereocenters. The van der Waals surface area contributed by atoms with Gasteiger partial charge in [-0.15, -0.1) is 0 Å². The van der Waals surface area contributed by atoms with Gasteiger partial charge in [-0.3, -0.25) is 4.79 Å². The van der Waals surface area contributed by atoms with Crippen molar-refractivity contribution in [2.24, 2.45) is 0 Å². The van der Waals surface area contributed by atoms with Gasteiger partial charge in [0.05, 0.1) is 18.9 Å². The van der Waals surface area contributed by atoms with E-state index in [0.717, 1.165) is 50.3 Å². The van der Waals surface area contributed by atoms with Crippen molar-refractivity contribution in [2.75, 3.05) is 13.2 Å². The Kier molecular flexibility index (Phi) is 8.99. The summed E-state index contributed by atoms with van der Waals surface area (Å²) in [5, 5.41) is 1.09. The summed E-state index contributed by atoms with van der Waals surface area (Å²) in [5.74, 6) is 1.10. The summed E-state index contributed by atoms with van der Waals surface area (Å²) in [5.41, 5.74) is 6.40. The zero-order valence-electron chi connectivity index (χ0n) is 23.4. The summed E-state index contributed by atoms with van der Waals surface area (Å²) in [6.45, 7) is 5.87. The number of fused-ring (bicyclic) bond motifs is 1. The molecule has 0 saturated heterocycles. The molecule has 210 valence electrons. The third kappa shape index (κ3) is 6.95. The maximum atomic E-state index is 13.8. The van der Waals surface area contributed by atoms with Crippen LogP contribution in [0.3, 0.4) is 0 Å².